The monoisotopic (exact) mass is 430 g/mol. The number of rotatable bonds is 7. The molecule has 0 saturated carbocycles. The molecule has 1 aromatic heterocycles. The van der Waals surface area contributed by atoms with Crippen molar-refractivity contribution in [2.45, 2.75) is 39.3 Å². The largest absolute Gasteiger partial charge is 0.459 e. The maximum absolute atomic E-state index is 13.2. The normalized spacial score (nSPS) is 10.9. The van der Waals surface area contributed by atoms with Crippen LogP contribution in [-0.2, 0) is 22.5 Å². The van der Waals surface area contributed by atoms with E-state index < -0.39 is 11.6 Å². The van der Waals surface area contributed by atoms with Gasteiger partial charge >= 0.3 is 5.97 Å². The number of esters is 1. The first kappa shape index (κ1) is 22.8. The summed E-state index contributed by atoms with van der Waals surface area (Å²) < 4.78 is 6.76. The molecule has 0 aliphatic rings. The minimum absolute atomic E-state index is 0.238. The molecule has 7 nitrogen and oxygen atoms in total. The Bertz CT molecular complexity index is 1170. The summed E-state index contributed by atoms with van der Waals surface area (Å²) in [5.74, 6) is -0.104. The average Bonchev–Trinajstić information content (AvgIpc) is 2.76. The van der Waals surface area contributed by atoms with Crippen LogP contribution in [-0.4, -0.2) is 27.7 Å². The number of carbonyl (C=O) groups excluding carboxylic acids is 1. The molecule has 0 amide bonds. The van der Waals surface area contributed by atoms with E-state index in [9.17, 15) is 9.59 Å². The van der Waals surface area contributed by atoms with Gasteiger partial charge in [0, 0.05) is 12.1 Å². The van der Waals surface area contributed by atoms with Crippen molar-refractivity contribution in [1.82, 2.24) is 9.55 Å². The maximum atomic E-state index is 13.2. The quantitative estimate of drug-likeness (QED) is 0.573. The van der Waals surface area contributed by atoms with Crippen LogP contribution in [0.15, 0.2) is 65.6 Å². The molecule has 32 heavy (non-hydrogen) atoms. The van der Waals surface area contributed by atoms with Crippen molar-refractivity contribution in [2.75, 3.05) is 11.9 Å². The Morgan fingerprint density at radius 1 is 1.12 bits per heavy atom. The van der Waals surface area contributed by atoms with Gasteiger partial charge in [-0.25, -0.2) is 4.98 Å². The SMILES string of the molecule is CC(C)(C)OC(=O)Cn1c(-c2ccccc2)ncc(NCCc2ccc(C#N)cc2)c1=O. The molecule has 0 unspecified atom stereocenters. The van der Waals surface area contributed by atoms with E-state index in [0.717, 1.165) is 11.1 Å². The lowest BCUT2D eigenvalue weighted by molar-refractivity contribution is -0.155. The zero-order valence-corrected chi connectivity index (χ0v) is 18.5. The van der Waals surface area contributed by atoms with Gasteiger partial charge < -0.3 is 10.1 Å². The minimum Gasteiger partial charge on any atom is -0.459 e. The topological polar surface area (TPSA) is 97.0 Å². The van der Waals surface area contributed by atoms with Gasteiger partial charge in [0.2, 0.25) is 0 Å². The molecular weight excluding hydrogens is 404 g/mol. The maximum Gasteiger partial charge on any atom is 0.326 e. The molecule has 0 aliphatic heterocycles. The number of nitrogens with zero attached hydrogens (tertiary/aromatic N) is 3. The predicted molar refractivity (Wildman–Crippen MR) is 123 cm³/mol. The lowest BCUT2D eigenvalue weighted by Crippen LogP contribution is -2.33. The summed E-state index contributed by atoms with van der Waals surface area (Å²) in [4.78, 5) is 30.1. The van der Waals surface area contributed by atoms with Crippen LogP contribution in [0.2, 0.25) is 0 Å². The summed E-state index contributed by atoms with van der Waals surface area (Å²) in [6, 6.07) is 18.6. The molecule has 1 N–H and O–H groups in total. The van der Waals surface area contributed by atoms with E-state index in [4.69, 9.17) is 10.00 Å². The molecule has 0 spiro atoms. The van der Waals surface area contributed by atoms with Crippen molar-refractivity contribution in [1.29, 1.82) is 5.26 Å². The number of nitriles is 1. The Balaban J connectivity index is 1.83. The van der Waals surface area contributed by atoms with Crippen molar-refractivity contribution >= 4 is 11.7 Å². The van der Waals surface area contributed by atoms with E-state index in [1.54, 1.807) is 32.9 Å². The first-order valence-corrected chi connectivity index (χ1v) is 10.4. The summed E-state index contributed by atoms with van der Waals surface area (Å²) in [5, 5.41) is 12.0. The summed E-state index contributed by atoms with van der Waals surface area (Å²) in [6.45, 7) is 5.61. The molecule has 0 saturated heterocycles. The molecule has 1 heterocycles. The average molecular weight is 431 g/mol. The number of hydrogen-bond donors (Lipinski definition) is 1. The van der Waals surface area contributed by atoms with Gasteiger partial charge in [0.05, 0.1) is 17.8 Å². The van der Waals surface area contributed by atoms with Gasteiger partial charge in [-0.3, -0.25) is 14.2 Å². The molecule has 0 radical (unpaired) electrons. The van der Waals surface area contributed by atoms with Gasteiger partial charge in [0.15, 0.2) is 0 Å². The van der Waals surface area contributed by atoms with Crippen LogP contribution in [0.4, 0.5) is 5.69 Å². The standard InChI is InChI=1S/C25H26N4O3/c1-25(2,3)32-22(30)17-29-23(20-7-5-4-6-8-20)28-16-21(24(29)31)27-14-13-18-9-11-19(15-26)12-10-18/h4-12,16,27H,13-14,17H2,1-3H3. The first-order valence-electron chi connectivity index (χ1n) is 10.4. The van der Waals surface area contributed by atoms with Gasteiger partial charge in [-0.2, -0.15) is 5.26 Å². The first-order chi connectivity index (χ1) is 15.3. The van der Waals surface area contributed by atoms with E-state index in [2.05, 4.69) is 16.4 Å². The third-order valence-corrected chi connectivity index (χ3v) is 4.60. The zero-order valence-electron chi connectivity index (χ0n) is 18.5. The summed E-state index contributed by atoms with van der Waals surface area (Å²) in [6.07, 6.45) is 2.16. The van der Waals surface area contributed by atoms with E-state index in [-0.39, 0.29) is 12.1 Å². The lowest BCUT2D eigenvalue weighted by Gasteiger charge is -2.21. The Kier molecular flexibility index (Phi) is 7.06. The van der Waals surface area contributed by atoms with E-state index >= 15 is 0 Å². The molecule has 3 aromatic rings. The molecule has 3 rings (SSSR count). The number of nitrogens with one attached hydrogen (secondary N) is 1. The summed E-state index contributed by atoms with van der Waals surface area (Å²) >= 11 is 0. The highest BCUT2D eigenvalue weighted by molar-refractivity contribution is 5.71. The molecule has 0 fully saturated rings. The fraction of sp³-hybridized carbons (Fsp3) is 0.280. The molecule has 0 atom stereocenters. The molecule has 2 aromatic carbocycles. The van der Waals surface area contributed by atoms with Crippen LogP contribution < -0.4 is 10.9 Å². The molecular formula is C25H26N4O3. The van der Waals surface area contributed by atoms with Crippen molar-refractivity contribution < 1.29 is 9.53 Å². The fourth-order valence-corrected chi connectivity index (χ4v) is 3.17. The number of ether oxygens (including phenoxy) is 1. The summed E-state index contributed by atoms with van der Waals surface area (Å²) in [7, 11) is 0. The highest BCUT2D eigenvalue weighted by atomic mass is 16.6. The van der Waals surface area contributed by atoms with Gasteiger partial charge in [-0.15, -0.1) is 0 Å². The molecule has 0 aliphatic carbocycles. The van der Waals surface area contributed by atoms with Crippen LogP contribution >= 0.6 is 0 Å². The third-order valence-electron chi connectivity index (χ3n) is 4.60. The smallest absolute Gasteiger partial charge is 0.326 e. The highest BCUT2D eigenvalue weighted by Gasteiger charge is 2.20. The Morgan fingerprint density at radius 3 is 2.44 bits per heavy atom. The van der Waals surface area contributed by atoms with Crippen molar-refractivity contribution in [2.24, 2.45) is 0 Å². The number of hydrogen-bond acceptors (Lipinski definition) is 6. The van der Waals surface area contributed by atoms with Crippen LogP contribution in [0, 0.1) is 11.3 Å². The second kappa shape index (κ2) is 9.92. The molecule has 164 valence electrons. The molecule has 0 bridgehead atoms. The number of anilines is 1. The van der Waals surface area contributed by atoms with E-state index in [1.807, 2.05) is 42.5 Å². The number of benzene rings is 2. The Morgan fingerprint density at radius 2 is 1.81 bits per heavy atom. The van der Waals surface area contributed by atoms with Crippen molar-refractivity contribution in [3.8, 4) is 17.5 Å². The van der Waals surface area contributed by atoms with E-state index in [0.29, 0.717) is 30.0 Å². The van der Waals surface area contributed by atoms with Crippen molar-refractivity contribution in [3.05, 3.63) is 82.3 Å². The second-order valence-corrected chi connectivity index (χ2v) is 8.32. The van der Waals surface area contributed by atoms with Crippen molar-refractivity contribution in [3.63, 3.8) is 0 Å². The summed E-state index contributed by atoms with van der Waals surface area (Å²) in [5.41, 5.74) is 1.69. The van der Waals surface area contributed by atoms with Crippen LogP contribution in [0.25, 0.3) is 11.4 Å². The van der Waals surface area contributed by atoms with Gasteiger partial charge in [0.25, 0.3) is 5.56 Å². The van der Waals surface area contributed by atoms with Crippen LogP contribution in [0.3, 0.4) is 0 Å². The Labute approximate surface area is 187 Å². The number of aromatic nitrogens is 2. The zero-order chi connectivity index (χ0) is 23.1. The van der Waals surface area contributed by atoms with Gasteiger partial charge in [-0.05, 0) is 44.9 Å². The fourth-order valence-electron chi connectivity index (χ4n) is 3.17. The lowest BCUT2D eigenvalue weighted by atomic mass is 10.1. The van der Waals surface area contributed by atoms with E-state index in [1.165, 1.54) is 10.8 Å². The highest BCUT2D eigenvalue weighted by Crippen LogP contribution is 2.17. The third kappa shape index (κ3) is 6.05. The second-order valence-electron chi connectivity index (χ2n) is 8.32. The number of carbonyl (C=O) groups is 1. The van der Waals surface area contributed by atoms with Gasteiger partial charge in [0.1, 0.15) is 23.7 Å². The van der Waals surface area contributed by atoms with Gasteiger partial charge in [-0.1, -0.05) is 42.5 Å². The molecule has 7 heteroatoms. The van der Waals surface area contributed by atoms with Crippen LogP contribution in [0.1, 0.15) is 31.9 Å². The predicted octanol–water partition coefficient (Wildman–Crippen LogP) is 3.78. The Hall–Kier alpha value is -3.92. The van der Waals surface area contributed by atoms with Crippen LogP contribution in [0.5, 0.6) is 0 Å². The minimum atomic E-state index is -0.655.